The maximum atomic E-state index is 10.6. The summed E-state index contributed by atoms with van der Waals surface area (Å²) in [5.41, 5.74) is 0.869. The molecule has 0 aliphatic heterocycles. The highest BCUT2D eigenvalue weighted by Gasteiger charge is 2.07. The molecule has 1 aromatic rings. The molecule has 1 aromatic carbocycles. The van der Waals surface area contributed by atoms with Gasteiger partial charge in [0, 0.05) is 5.56 Å². The number of carboxylic acids is 1. The lowest BCUT2D eigenvalue weighted by Gasteiger charge is -2.10. The number of benzene rings is 1. The van der Waals surface area contributed by atoms with E-state index >= 15 is 0 Å². The fraction of sp³-hybridized carbons (Fsp3) is 0.125. The van der Waals surface area contributed by atoms with Crippen molar-refractivity contribution in [3.05, 3.63) is 35.4 Å². The molecular weight excluding hydrogens is 288 g/mol. The molecule has 0 unspecified atom stereocenters. The molecule has 12 heavy (non-hydrogen) atoms. The zero-order valence-electron chi connectivity index (χ0n) is 5.96. The highest BCUT2D eigenvalue weighted by atomic mass is 79.9. The lowest BCUT2D eigenvalue weighted by Crippen LogP contribution is -2.23. The fourth-order valence-corrected chi connectivity index (χ4v) is 1.67. The van der Waals surface area contributed by atoms with E-state index in [1.165, 1.54) is 6.07 Å². The van der Waals surface area contributed by atoms with Crippen LogP contribution in [0.2, 0.25) is 0 Å². The Morgan fingerprint density at radius 2 is 1.92 bits per heavy atom. The first kappa shape index (κ1) is 9.74. The summed E-state index contributed by atoms with van der Waals surface area (Å²) in [6, 6.07) is 6.67. The summed E-state index contributed by atoms with van der Waals surface area (Å²) in [7, 11) is 0. The topological polar surface area (TPSA) is 40.1 Å². The van der Waals surface area contributed by atoms with Gasteiger partial charge in [0.2, 0.25) is 0 Å². The van der Waals surface area contributed by atoms with Crippen molar-refractivity contribution in [2.45, 2.75) is 3.74 Å². The molecule has 0 atom stereocenters. The van der Waals surface area contributed by atoms with Gasteiger partial charge in [-0.3, -0.25) is 0 Å². The van der Waals surface area contributed by atoms with Crippen LogP contribution in [0.5, 0.6) is 0 Å². The first-order chi connectivity index (χ1) is 5.63. The van der Waals surface area contributed by atoms with Gasteiger partial charge in [0.05, 0.1) is 9.71 Å². The number of carboxylic acid groups (broad SMARTS) is 1. The Morgan fingerprint density at radius 3 is 2.33 bits per heavy atom. The van der Waals surface area contributed by atoms with Gasteiger partial charge in [0.25, 0.3) is 0 Å². The molecule has 0 aliphatic carbocycles. The van der Waals surface area contributed by atoms with Crippen molar-refractivity contribution < 1.29 is 9.90 Å². The minimum Gasteiger partial charge on any atom is -0.545 e. The molecule has 0 spiro atoms. The third kappa shape index (κ3) is 2.08. The van der Waals surface area contributed by atoms with Crippen molar-refractivity contribution in [1.82, 2.24) is 0 Å². The zero-order valence-corrected chi connectivity index (χ0v) is 9.13. The number of hydrogen-bond acceptors (Lipinski definition) is 2. The fourth-order valence-electron chi connectivity index (χ4n) is 0.873. The smallest absolute Gasteiger partial charge is 0.0952 e. The zero-order chi connectivity index (χ0) is 9.14. The van der Waals surface area contributed by atoms with Crippen LogP contribution in [-0.2, 0) is 0 Å². The van der Waals surface area contributed by atoms with Crippen LogP contribution in [0.1, 0.15) is 19.7 Å². The Balaban J connectivity index is 3.17. The Morgan fingerprint density at radius 1 is 1.33 bits per heavy atom. The number of alkyl halides is 2. The van der Waals surface area contributed by atoms with Crippen molar-refractivity contribution in [1.29, 1.82) is 0 Å². The maximum Gasteiger partial charge on any atom is 0.0952 e. The van der Waals surface area contributed by atoms with Crippen LogP contribution in [0.25, 0.3) is 0 Å². The summed E-state index contributed by atoms with van der Waals surface area (Å²) in [5.74, 6) is -1.16. The summed E-state index contributed by atoms with van der Waals surface area (Å²) < 4.78 is -0.154. The number of rotatable bonds is 2. The summed E-state index contributed by atoms with van der Waals surface area (Å²) >= 11 is 6.45. The molecule has 0 amide bonds. The van der Waals surface area contributed by atoms with Gasteiger partial charge in [-0.05, 0) is 5.56 Å². The van der Waals surface area contributed by atoms with Gasteiger partial charge in [-0.25, -0.2) is 0 Å². The highest BCUT2D eigenvalue weighted by Crippen LogP contribution is 2.31. The molecule has 0 N–H and O–H groups in total. The molecule has 0 aromatic heterocycles. The molecule has 0 aliphatic rings. The summed E-state index contributed by atoms with van der Waals surface area (Å²) in [6.07, 6.45) is 0. The highest BCUT2D eigenvalue weighted by molar-refractivity contribution is 9.24. The molecule has 0 heterocycles. The lowest BCUT2D eigenvalue weighted by molar-refractivity contribution is -0.255. The molecule has 0 fully saturated rings. The summed E-state index contributed by atoms with van der Waals surface area (Å²) in [4.78, 5) is 10.6. The SMILES string of the molecule is O=C([O-])c1ccccc1C(Br)Br. The minimum atomic E-state index is -1.16. The van der Waals surface area contributed by atoms with Crippen molar-refractivity contribution in [2.24, 2.45) is 0 Å². The first-order valence-electron chi connectivity index (χ1n) is 3.21. The van der Waals surface area contributed by atoms with E-state index in [9.17, 15) is 9.90 Å². The van der Waals surface area contributed by atoms with Gasteiger partial charge < -0.3 is 9.90 Å². The molecule has 0 saturated carbocycles. The second-order valence-corrected chi connectivity index (χ2v) is 5.24. The van der Waals surface area contributed by atoms with Crippen molar-refractivity contribution in [2.75, 3.05) is 0 Å². The standard InChI is InChI=1S/C8H6Br2O2/c9-7(10)5-3-1-2-4-6(5)8(11)12/h1-4,7H,(H,11,12)/p-1. The number of carbonyl (C=O) groups is 1. The van der Waals surface area contributed by atoms with E-state index in [0.717, 1.165) is 0 Å². The molecule has 0 radical (unpaired) electrons. The van der Waals surface area contributed by atoms with Gasteiger partial charge >= 0.3 is 0 Å². The molecule has 0 bridgehead atoms. The van der Waals surface area contributed by atoms with Gasteiger partial charge in [0.1, 0.15) is 0 Å². The van der Waals surface area contributed by atoms with Crippen LogP contribution < -0.4 is 5.11 Å². The van der Waals surface area contributed by atoms with E-state index in [-0.39, 0.29) is 9.30 Å². The Bertz CT molecular complexity index is 297. The van der Waals surface area contributed by atoms with E-state index in [4.69, 9.17) is 0 Å². The lowest BCUT2D eigenvalue weighted by atomic mass is 10.1. The molecule has 64 valence electrons. The largest absolute Gasteiger partial charge is 0.545 e. The van der Waals surface area contributed by atoms with Crippen LogP contribution in [0, 0.1) is 0 Å². The van der Waals surface area contributed by atoms with Crippen molar-refractivity contribution >= 4 is 37.8 Å². The second kappa shape index (κ2) is 4.05. The van der Waals surface area contributed by atoms with E-state index in [1.807, 2.05) is 0 Å². The Hall–Kier alpha value is -0.350. The van der Waals surface area contributed by atoms with Crippen molar-refractivity contribution in [3.63, 3.8) is 0 Å². The maximum absolute atomic E-state index is 10.6. The predicted molar refractivity (Wildman–Crippen MR) is 51.4 cm³/mol. The van der Waals surface area contributed by atoms with Crippen LogP contribution >= 0.6 is 31.9 Å². The van der Waals surface area contributed by atoms with Crippen molar-refractivity contribution in [3.8, 4) is 0 Å². The van der Waals surface area contributed by atoms with Crippen LogP contribution in [0.15, 0.2) is 24.3 Å². The number of carbonyl (C=O) groups excluding carboxylic acids is 1. The van der Waals surface area contributed by atoms with Crippen LogP contribution in [0.3, 0.4) is 0 Å². The Labute approximate surface area is 86.9 Å². The third-order valence-electron chi connectivity index (χ3n) is 1.42. The van der Waals surface area contributed by atoms with E-state index in [2.05, 4.69) is 31.9 Å². The predicted octanol–water partition coefficient (Wildman–Crippen LogP) is 1.84. The Kier molecular flexibility index (Phi) is 3.29. The molecular formula is C8H5Br2O2-. The van der Waals surface area contributed by atoms with Gasteiger partial charge in [-0.2, -0.15) is 0 Å². The first-order valence-corrected chi connectivity index (χ1v) is 5.04. The van der Waals surface area contributed by atoms with E-state index < -0.39 is 5.97 Å². The third-order valence-corrected chi connectivity index (χ3v) is 2.40. The van der Waals surface area contributed by atoms with E-state index in [0.29, 0.717) is 5.56 Å². The summed E-state index contributed by atoms with van der Waals surface area (Å²) in [5, 5.41) is 10.6. The monoisotopic (exact) mass is 291 g/mol. The van der Waals surface area contributed by atoms with Crippen LogP contribution in [0.4, 0.5) is 0 Å². The average molecular weight is 293 g/mol. The molecule has 2 nitrogen and oxygen atoms in total. The summed E-state index contributed by atoms with van der Waals surface area (Å²) in [6.45, 7) is 0. The quantitative estimate of drug-likeness (QED) is 0.781. The van der Waals surface area contributed by atoms with Gasteiger partial charge in [-0.15, -0.1) is 0 Å². The van der Waals surface area contributed by atoms with Gasteiger partial charge in [0.15, 0.2) is 0 Å². The minimum absolute atomic E-state index is 0.154. The molecule has 4 heteroatoms. The number of hydrogen-bond donors (Lipinski definition) is 0. The average Bonchev–Trinajstić information content (AvgIpc) is 2.04. The normalized spacial score (nSPS) is 10.2. The molecule has 1 rings (SSSR count). The number of aromatic carboxylic acids is 1. The van der Waals surface area contributed by atoms with Crippen LogP contribution in [-0.4, -0.2) is 5.97 Å². The number of halogens is 2. The second-order valence-electron chi connectivity index (χ2n) is 2.18. The van der Waals surface area contributed by atoms with E-state index in [1.54, 1.807) is 18.2 Å². The van der Waals surface area contributed by atoms with Gasteiger partial charge in [-0.1, -0.05) is 56.1 Å². The molecule has 0 saturated heterocycles.